The van der Waals surface area contributed by atoms with E-state index in [9.17, 15) is 4.79 Å². The van der Waals surface area contributed by atoms with Crippen molar-refractivity contribution in [3.63, 3.8) is 0 Å². The Labute approximate surface area is 91.0 Å². The topological polar surface area (TPSA) is 59.8 Å². The molecule has 0 fully saturated rings. The van der Waals surface area contributed by atoms with Crippen LogP contribution in [0.1, 0.15) is 19.3 Å². The van der Waals surface area contributed by atoms with Gasteiger partial charge in [0.25, 0.3) is 0 Å². The van der Waals surface area contributed by atoms with Crippen LogP contribution in [0.5, 0.6) is 0 Å². The minimum absolute atomic E-state index is 0.0120. The number of hydrogen-bond acceptors (Lipinski definition) is 3. The van der Waals surface area contributed by atoms with Gasteiger partial charge in [-0.2, -0.15) is 10.1 Å². The lowest BCUT2D eigenvalue weighted by molar-refractivity contribution is -0.116. The van der Waals surface area contributed by atoms with E-state index in [0.717, 1.165) is 18.2 Å². The molecule has 0 saturated carbocycles. The molecule has 0 aliphatic rings. The first kappa shape index (κ1) is 11.2. The lowest BCUT2D eigenvalue weighted by Crippen LogP contribution is -2.14. The number of unbranched alkanes of at least 4 members (excludes halogenated alkanes) is 1. The van der Waals surface area contributed by atoms with Crippen molar-refractivity contribution in [1.82, 2.24) is 14.8 Å². The Kier molecular flexibility index (Phi) is 4.58. The second kappa shape index (κ2) is 5.74. The lowest BCUT2D eigenvalue weighted by atomic mass is 10.2. The van der Waals surface area contributed by atoms with Crippen LogP contribution < -0.4 is 5.32 Å². The summed E-state index contributed by atoms with van der Waals surface area (Å²) in [6, 6.07) is 0. The summed E-state index contributed by atoms with van der Waals surface area (Å²) in [6.07, 6.45) is 3.83. The molecule has 6 heteroatoms. The number of amides is 1. The van der Waals surface area contributed by atoms with Gasteiger partial charge in [-0.25, -0.2) is 4.68 Å². The van der Waals surface area contributed by atoms with Gasteiger partial charge in [0, 0.05) is 18.8 Å². The fourth-order valence-electron chi connectivity index (χ4n) is 0.977. The van der Waals surface area contributed by atoms with Gasteiger partial charge in [0.15, 0.2) is 0 Å². The van der Waals surface area contributed by atoms with Crippen molar-refractivity contribution in [2.45, 2.75) is 19.3 Å². The molecule has 0 aliphatic heterocycles. The van der Waals surface area contributed by atoms with Crippen LogP contribution >= 0.6 is 15.9 Å². The molecule has 5 nitrogen and oxygen atoms in total. The Morgan fingerprint density at radius 3 is 3.00 bits per heavy atom. The number of aromatic nitrogens is 3. The maximum atomic E-state index is 11.3. The molecule has 1 amide bonds. The van der Waals surface area contributed by atoms with E-state index in [1.165, 1.54) is 11.0 Å². The Hall–Kier alpha value is -0.910. The first-order valence-electron chi connectivity index (χ1n) is 4.44. The molecule has 78 valence electrons. The Morgan fingerprint density at radius 2 is 2.43 bits per heavy atom. The molecule has 1 aromatic rings. The van der Waals surface area contributed by atoms with Crippen molar-refractivity contribution in [3.05, 3.63) is 6.33 Å². The van der Waals surface area contributed by atoms with Crippen LogP contribution in [0.15, 0.2) is 6.33 Å². The molecule has 0 bridgehead atoms. The van der Waals surface area contributed by atoms with Crippen LogP contribution in [0.4, 0.5) is 5.95 Å². The zero-order chi connectivity index (χ0) is 10.4. The molecule has 1 heterocycles. The van der Waals surface area contributed by atoms with Crippen molar-refractivity contribution in [3.8, 4) is 0 Å². The number of rotatable bonds is 5. The summed E-state index contributed by atoms with van der Waals surface area (Å²) in [7, 11) is 1.74. The van der Waals surface area contributed by atoms with Crippen LogP contribution in [0.25, 0.3) is 0 Å². The quantitative estimate of drug-likeness (QED) is 0.642. The third-order valence-electron chi connectivity index (χ3n) is 1.75. The van der Waals surface area contributed by atoms with E-state index in [4.69, 9.17) is 0 Å². The highest BCUT2D eigenvalue weighted by Crippen LogP contribution is 2.02. The van der Waals surface area contributed by atoms with Gasteiger partial charge in [-0.15, -0.1) is 0 Å². The molecule has 14 heavy (non-hydrogen) atoms. The number of carbonyl (C=O) groups is 1. The van der Waals surface area contributed by atoms with Crippen molar-refractivity contribution in [2.75, 3.05) is 10.6 Å². The number of nitrogens with one attached hydrogen (secondary N) is 1. The predicted molar refractivity (Wildman–Crippen MR) is 57.3 cm³/mol. The SMILES string of the molecule is Cn1ncnc1NC(=O)CCCCBr. The maximum Gasteiger partial charge on any atom is 0.227 e. The summed E-state index contributed by atoms with van der Waals surface area (Å²) in [5.74, 6) is 0.482. The molecule has 0 spiro atoms. The van der Waals surface area contributed by atoms with Crippen molar-refractivity contribution in [1.29, 1.82) is 0 Å². The number of hydrogen-bond donors (Lipinski definition) is 1. The van der Waals surface area contributed by atoms with Gasteiger partial charge < -0.3 is 0 Å². The van der Waals surface area contributed by atoms with Gasteiger partial charge in [-0.3, -0.25) is 10.1 Å². The molecule has 1 aromatic heterocycles. The third kappa shape index (κ3) is 3.45. The molecule has 0 atom stereocenters. The second-order valence-corrected chi connectivity index (χ2v) is 3.69. The second-order valence-electron chi connectivity index (χ2n) is 2.90. The highest BCUT2D eigenvalue weighted by Gasteiger charge is 2.05. The fourth-order valence-corrected chi connectivity index (χ4v) is 1.37. The molecule has 1 rings (SSSR count). The molecular weight excluding hydrogens is 248 g/mol. The fraction of sp³-hybridized carbons (Fsp3) is 0.625. The summed E-state index contributed by atoms with van der Waals surface area (Å²) in [5, 5.41) is 7.47. The van der Waals surface area contributed by atoms with Gasteiger partial charge in [0.2, 0.25) is 11.9 Å². The van der Waals surface area contributed by atoms with Gasteiger partial charge in [0.05, 0.1) is 0 Å². The van der Waals surface area contributed by atoms with E-state index in [2.05, 4.69) is 31.3 Å². The number of aryl methyl sites for hydroxylation is 1. The van der Waals surface area contributed by atoms with Crippen LogP contribution in [0.3, 0.4) is 0 Å². The standard InChI is InChI=1S/C8H13BrN4O/c1-13-8(10-6-11-13)12-7(14)4-2-3-5-9/h6H,2-5H2,1H3,(H,10,11,12,14). The van der Waals surface area contributed by atoms with E-state index in [1.54, 1.807) is 7.05 Å². The minimum Gasteiger partial charge on any atom is -0.295 e. The van der Waals surface area contributed by atoms with E-state index in [1.807, 2.05) is 0 Å². The largest absolute Gasteiger partial charge is 0.295 e. The van der Waals surface area contributed by atoms with Crippen LogP contribution in [-0.2, 0) is 11.8 Å². The monoisotopic (exact) mass is 260 g/mol. The van der Waals surface area contributed by atoms with Crippen molar-refractivity contribution >= 4 is 27.8 Å². The first-order chi connectivity index (χ1) is 6.74. The Morgan fingerprint density at radius 1 is 1.64 bits per heavy atom. The Bertz CT molecular complexity index is 299. The third-order valence-corrected chi connectivity index (χ3v) is 2.31. The van der Waals surface area contributed by atoms with Crippen LogP contribution in [0.2, 0.25) is 0 Å². The molecule has 0 aromatic carbocycles. The van der Waals surface area contributed by atoms with Crippen LogP contribution in [0, 0.1) is 0 Å². The normalized spacial score (nSPS) is 10.1. The summed E-state index contributed by atoms with van der Waals surface area (Å²) < 4.78 is 1.53. The average molecular weight is 261 g/mol. The maximum absolute atomic E-state index is 11.3. The minimum atomic E-state index is -0.0120. The zero-order valence-corrected chi connectivity index (χ0v) is 9.62. The van der Waals surface area contributed by atoms with Gasteiger partial charge in [-0.05, 0) is 12.8 Å². The number of halogens is 1. The molecular formula is C8H13BrN4O. The average Bonchev–Trinajstić information content (AvgIpc) is 2.52. The number of anilines is 1. The van der Waals surface area contributed by atoms with E-state index >= 15 is 0 Å². The summed E-state index contributed by atoms with van der Waals surface area (Å²) in [5.41, 5.74) is 0. The molecule has 0 radical (unpaired) electrons. The van der Waals surface area contributed by atoms with Gasteiger partial charge in [-0.1, -0.05) is 15.9 Å². The number of nitrogens with zero attached hydrogens (tertiary/aromatic N) is 3. The highest BCUT2D eigenvalue weighted by atomic mass is 79.9. The summed E-state index contributed by atoms with van der Waals surface area (Å²) in [6.45, 7) is 0. The Balaban J connectivity index is 2.31. The van der Waals surface area contributed by atoms with Crippen LogP contribution in [-0.4, -0.2) is 26.0 Å². The van der Waals surface area contributed by atoms with Crippen molar-refractivity contribution in [2.24, 2.45) is 7.05 Å². The summed E-state index contributed by atoms with van der Waals surface area (Å²) in [4.78, 5) is 15.2. The number of alkyl halides is 1. The highest BCUT2D eigenvalue weighted by molar-refractivity contribution is 9.09. The number of carbonyl (C=O) groups excluding carboxylic acids is 1. The lowest BCUT2D eigenvalue weighted by Gasteiger charge is -2.02. The first-order valence-corrected chi connectivity index (χ1v) is 5.56. The van der Waals surface area contributed by atoms with E-state index in [-0.39, 0.29) is 5.91 Å². The van der Waals surface area contributed by atoms with Crippen molar-refractivity contribution < 1.29 is 4.79 Å². The summed E-state index contributed by atoms with van der Waals surface area (Å²) >= 11 is 3.31. The predicted octanol–water partition coefficient (Wildman–Crippen LogP) is 1.32. The molecule has 0 unspecified atom stereocenters. The molecule has 0 aliphatic carbocycles. The van der Waals surface area contributed by atoms with E-state index in [0.29, 0.717) is 12.4 Å². The van der Waals surface area contributed by atoms with E-state index < -0.39 is 0 Å². The van der Waals surface area contributed by atoms with Gasteiger partial charge in [0.1, 0.15) is 6.33 Å². The molecule has 1 N–H and O–H groups in total. The zero-order valence-electron chi connectivity index (χ0n) is 8.03. The van der Waals surface area contributed by atoms with Gasteiger partial charge >= 0.3 is 0 Å². The molecule has 0 saturated heterocycles. The smallest absolute Gasteiger partial charge is 0.227 e.